The van der Waals surface area contributed by atoms with Crippen LogP contribution in [0.25, 0.3) is 11.4 Å². The lowest BCUT2D eigenvalue weighted by Crippen LogP contribution is -1.92. The van der Waals surface area contributed by atoms with Crippen molar-refractivity contribution >= 4 is 46.9 Å². The first-order valence-corrected chi connectivity index (χ1v) is 8.34. The number of aldehydes is 1. The summed E-state index contributed by atoms with van der Waals surface area (Å²) in [5, 5.41) is 18.9. The highest BCUT2D eigenvalue weighted by Gasteiger charge is 2.15. The molecular formula is C15H8Cl2N4O3S. The molecule has 7 nitrogen and oxygen atoms in total. The molecule has 0 aliphatic heterocycles. The predicted molar refractivity (Wildman–Crippen MR) is 94.4 cm³/mol. The van der Waals surface area contributed by atoms with Gasteiger partial charge >= 0.3 is 0 Å². The van der Waals surface area contributed by atoms with Crippen LogP contribution in [0.2, 0.25) is 10.0 Å². The molecule has 0 unspecified atom stereocenters. The fourth-order valence-electron chi connectivity index (χ4n) is 2.03. The molecule has 0 amide bonds. The van der Waals surface area contributed by atoms with Gasteiger partial charge in [0.25, 0.3) is 5.69 Å². The molecule has 126 valence electrons. The van der Waals surface area contributed by atoms with Gasteiger partial charge in [-0.05, 0) is 36.0 Å². The Balaban J connectivity index is 1.89. The van der Waals surface area contributed by atoms with Crippen molar-refractivity contribution in [3.63, 3.8) is 0 Å². The number of carbonyl (C=O) groups is 1. The number of nitro groups is 1. The van der Waals surface area contributed by atoms with E-state index in [9.17, 15) is 14.9 Å². The first-order valence-electron chi connectivity index (χ1n) is 6.77. The predicted octanol–water partition coefficient (Wildman–Crippen LogP) is 4.65. The molecule has 1 aromatic heterocycles. The van der Waals surface area contributed by atoms with Crippen LogP contribution in [-0.2, 0) is 0 Å². The van der Waals surface area contributed by atoms with E-state index < -0.39 is 4.92 Å². The average molecular weight is 395 g/mol. The first kappa shape index (κ1) is 17.4. The molecule has 0 fully saturated rings. The first-order chi connectivity index (χ1) is 12.0. The second kappa shape index (κ2) is 7.22. The number of H-pyrrole nitrogens is 1. The summed E-state index contributed by atoms with van der Waals surface area (Å²) in [6, 6.07) is 8.99. The van der Waals surface area contributed by atoms with Crippen molar-refractivity contribution < 1.29 is 9.72 Å². The maximum absolute atomic E-state index is 11.2. The van der Waals surface area contributed by atoms with Gasteiger partial charge in [0.1, 0.15) is 0 Å². The molecule has 25 heavy (non-hydrogen) atoms. The summed E-state index contributed by atoms with van der Waals surface area (Å²) in [4.78, 5) is 26.2. The Morgan fingerprint density at radius 1 is 1.20 bits per heavy atom. The summed E-state index contributed by atoms with van der Waals surface area (Å²) in [7, 11) is 0. The van der Waals surface area contributed by atoms with Crippen LogP contribution in [0.5, 0.6) is 0 Å². The van der Waals surface area contributed by atoms with E-state index in [1.54, 1.807) is 18.2 Å². The van der Waals surface area contributed by atoms with Crippen LogP contribution in [-0.4, -0.2) is 26.4 Å². The van der Waals surface area contributed by atoms with Gasteiger partial charge in [-0.1, -0.05) is 23.2 Å². The molecule has 10 heteroatoms. The van der Waals surface area contributed by atoms with Crippen molar-refractivity contribution in [2.75, 3.05) is 0 Å². The molecule has 0 saturated carbocycles. The number of non-ortho nitro benzene ring substituents is 1. The van der Waals surface area contributed by atoms with Gasteiger partial charge in [0, 0.05) is 33.2 Å². The third-order valence-electron chi connectivity index (χ3n) is 3.18. The SMILES string of the molecule is O=Cc1cc([N+](=O)[O-])ccc1Sc1n[nH]c(-c2ccc(Cl)cc2Cl)n1. The van der Waals surface area contributed by atoms with E-state index in [1.165, 1.54) is 18.2 Å². The second-order valence-corrected chi connectivity index (χ2v) is 6.64. The molecule has 0 aliphatic carbocycles. The molecule has 0 atom stereocenters. The lowest BCUT2D eigenvalue weighted by Gasteiger charge is -2.01. The molecule has 3 aromatic rings. The highest BCUT2D eigenvalue weighted by molar-refractivity contribution is 7.99. The summed E-state index contributed by atoms with van der Waals surface area (Å²) < 4.78 is 0. The van der Waals surface area contributed by atoms with Crippen molar-refractivity contribution in [1.82, 2.24) is 15.2 Å². The Hall–Kier alpha value is -2.42. The lowest BCUT2D eigenvalue weighted by atomic mass is 10.2. The van der Waals surface area contributed by atoms with Crippen LogP contribution in [0.1, 0.15) is 10.4 Å². The van der Waals surface area contributed by atoms with Crippen molar-refractivity contribution in [3.05, 3.63) is 62.1 Å². The Bertz CT molecular complexity index is 977. The number of aromatic amines is 1. The van der Waals surface area contributed by atoms with Crippen molar-refractivity contribution in [3.8, 4) is 11.4 Å². The number of hydrogen-bond donors (Lipinski definition) is 1. The standard InChI is InChI=1S/C15H8Cl2N4O3S/c16-9-1-3-11(12(17)6-9)14-18-15(20-19-14)25-13-4-2-10(21(23)24)5-8(13)7-22/h1-7H,(H,18,19,20). The summed E-state index contributed by atoms with van der Waals surface area (Å²) in [5.41, 5.74) is 0.662. The Morgan fingerprint density at radius 3 is 2.68 bits per heavy atom. The van der Waals surface area contributed by atoms with Crippen LogP contribution in [0.15, 0.2) is 46.5 Å². The quantitative estimate of drug-likeness (QED) is 0.383. The lowest BCUT2D eigenvalue weighted by molar-refractivity contribution is -0.384. The van der Waals surface area contributed by atoms with Crippen LogP contribution in [0, 0.1) is 10.1 Å². The Labute approximate surface area is 155 Å². The van der Waals surface area contributed by atoms with E-state index in [-0.39, 0.29) is 11.3 Å². The Kier molecular flexibility index (Phi) is 5.03. The Morgan fingerprint density at radius 2 is 2.00 bits per heavy atom. The van der Waals surface area contributed by atoms with Gasteiger partial charge in [-0.3, -0.25) is 20.0 Å². The monoisotopic (exact) mass is 394 g/mol. The van der Waals surface area contributed by atoms with Gasteiger partial charge in [0.15, 0.2) is 12.1 Å². The van der Waals surface area contributed by atoms with Gasteiger partial charge in [-0.25, -0.2) is 4.98 Å². The van der Waals surface area contributed by atoms with Crippen LogP contribution in [0.3, 0.4) is 0 Å². The number of benzene rings is 2. The van der Waals surface area contributed by atoms with E-state index in [2.05, 4.69) is 15.2 Å². The maximum Gasteiger partial charge on any atom is 0.270 e. The molecule has 1 N–H and O–H groups in total. The number of rotatable bonds is 5. The van der Waals surface area contributed by atoms with E-state index in [0.717, 1.165) is 11.8 Å². The number of aromatic nitrogens is 3. The van der Waals surface area contributed by atoms with Gasteiger partial charge in [-0.2, -0.15) is 0 Å². The average Bonchev–Trinajstić information content (AvgIpc) is 3.03. The van der Waals surface area contributed by atoms with E-state index in [0.29, 0.717) is 37.8 Å². The number of nitrogens with zero attached hydrogens (tertiary/aromatic N) is 3. The van der Waals surface area contributed by atoms with Crippen LogP contribution < -0.4 is 0 Å². The molecule has 1 heterocycles. The minimum atomic E-state index is -0.561. The zero-order chi connectivity index (χ0) is 18.0. The van der Waals surface area contributed by atoms with Crippen molar-refractivity contribution in [2.45, 2.75) is 10.1 Å². The zero-order valence-electron chi connectivity index (χ0n) is 12.3. The highest BCUT2D eigenvalue weighted by Crippen LogP contribution is 2.32. The topological polar surface area (TPSA) is 102 Å². The number of hydrogen-bond acceptors (Lipinski definition) is 6. The molecular weight excluding hydrogens is 387 g/mol. The summed E-state index contributed by atoms with van der Waals surface area (Å²) in [5.74, 6) is 0.443. The minimum Gasteiger partial charge on any atom is -0.298 e. The third-order valence-corrected chi connectivity index (χ3v) is 4.69. The summed E-state index contributed by atoms with van der Waals surface area (Å²) in [6.45, 7) is 0. The van der Waals surface area contributed by atoms with E-state index in [1.807, 2.05) is 0 Å². The number of carbonyl (C=O) groups excluding carboxylic acids is 1. The molecule has 0 bridgehead atoms. The smallest absolute Gasteiger partial charge is 0.270 e. The van der Waals surface area contributed by atoms with E-state index >= 15 is 0 Å². The van der Waals surface area contributed by atoms with Crippen molar-refractivity contribution in [1.29, 1.82) is 0 Å². The molecule has 0 saturated heterocycles. The minimum absolute atomic E-state index is 0.157. The largest absolute Gasteiger partial charge is 0.298 e. The molecule has 0 spiro atoms. The van der Waals surface area contributed by atoms with Gasteiger partial charge in [0.05, 0.1) is 9.95 Å². The van der Waals surface area contributed by atoms with Gasteiger partial charge in [0.2, 0.25) is 5.16 Å². The fourth-order valence-corrected chi connectivity index (χ4v) is 3.31. The second-order valence-electron chi connectivity index (χ2n) is 4.79. The van der Waals surface area contributed by atoms with E-state index in [4.69, 9.17) is 23.2 Å². The number of nitrogens with one attached hydrogen (secondary N) is 1. The molecule has 0 radical (unpaired) electrons. The highest BCUT2D eigenvalue weighted by atomic mass is 35.5. The normalized spacial score (nSPS) is 10.6. The zero-order valence-corrected chi connectivity index (χ0v) is 14.6. The summed E-state index contributed by atoms with van der Waals surface area (Å²) in [6.07, 6.45) is 0.555. The molecule has 3 rings (SSSR count). The molecule has 2 aromatic carbocycles. The molecule has 0 aliphatic rings. The maximum atomic E-state index is 11.2. The number of nitro benzene ring substituents is 1. The summed E-state index contributed by atoms with van der Waals surface area (Å²) >= 11 is 13.1. The van der Waals surface area contributed by atoms with Crippen molar-refractivity contribution in [2.24, 2.45) is 0 Å². The fraction of sp³-hybridized carbons (Fsp3) is 0. The van der Waals surface area contributed by atoms with Crippen LogP contribution >= 0.6 is 35.0 Å². The van der Waals surface area contributed by atoms with Gasteiger partial charge in [-0.15, -0.1) is 5.10 Å². The third kappa shape index (κ3) is 3.81. The van der Waals surface area contributed by atoms with Crippen LogP contribution in [0.4, 0.5) is 5.69 Å². The van der Waals surface area contributed by atoms with Gasteiger partial charge < -0.3 is 0 Å². The number of halogens is 2.